The topological polar surface area (TPSA) is 29.5 Å². The van der Waals surface area contributed by atoms with Crippen LogP contribution in [0, 0.1) is 0 Å². The zero-order valence-corrected chi connectivity index (χ0v) is 14.2. The van der Waals surface area contributed by atoms with E-state index in [1.807, 2.05) is 60.7 Å². The zero-order chi connectivity index (χ0) is 16.8. The van der Waals surface area contributed by atoms with Crippen LogP contribution in [0.2, 0.25) is 0 Å². The summed E-state index contributed by atoms with van der Waals surface area (Å²) in [5.74, 6) is -0.487. The average Bonchev–Trinajstić information content (AvgIpc) is 2.64. The molecular weight excluding hydrogens is 298 g/mol. The lowest BCUT2D eigenvalue weighted by atomic mass is 9.91. The Bertz CT molecular complexity index is 594. The van der Waals surface area contributed by atoms with Gasteiger partial charge in [-0.1, -0.05) is 67.6 Å². The van der Waals surface area contributed by atoms with Crippen molar-refractivity contribution in [2.45, 2.75) is 31.8 Å². The van der Waals surface area contributed by atoms with Gasteiger partial charge < -0.3 is 9.64 Å². The molecule has 0 N–H and O–H groups in total. The summed E-state index contributed by atoms with van der Waals surface area (Å²) in [5, 5.41) is 0. The SMILES string of the molecule is CCN1CCC(OC(=O)C(c2ccccc2)c2ccccc2)CC1. The molecule has 1 aliphatic heterocycles. The number of esters is 1. The van der Waals surface area contributed by atoms with Gasteiger partial charge in [0.05, 0.1) is 0 Å². The largest absolute Gasteiger partial charge is 0.462 e. The van der Waals surface area contributed by atoms with Crippen molar-refractivity contribution < 1.29 is 9.53 Å². The number of hydrogen-bond donors (Lipinski definition) is 0. The Morgan fingerprint density at radius 3 is 1.96 bits per heavy atom. The predicted octanol–water partition coefficient (Wildman–Crippen LogP) is 3.85. The molecule has 0 aliphatic carbocycles. The Hall–Kier alpha value is -2.13. The molecule has 0 amide bonds. The summed E-state index contributed by atoms with van der Waals surface area (Å²) in [6, 6.07) is 19.8. The van der Waals surface area contributed by atoms with E-state index >= 15 is 0 Å². The van der Waals surface area contributed by atoms with Crippen molar-refractivity contribution >= 4 is 5.97 Å². The van der Waals surface area contributed by atoms with Crippen molar-refractivity contribution in [3.63, 3.8) is 0 Å². The van der Waals surface area contributed by atoms with Crippen LogP contribution in [0.25, 0.3) is 0 Å². The first-order chi connectivity index (χ1) is 11.8. The van der Waals surface area contributed by atoms with Gasteiger partial charge in [0.15, 0.2) is 0 Å². The molecule has 1 saturated heterocycles. The molecule has 0 bridgehead atoms. The maximum absolute atomic E-state index is 12.9. The Morgan fingerprint density at radius 1 is 1.00 bits per heavy atom. The third-order valence-electron chi connectivity index (χ3n) is 4.77. The molecule has 0 unspecified atom stereocenters. The van der Waals surface area contributed by atoms with Crippen LogP contribution in [0.5, 0.6) is 0 Å². The van der Waals surface area contributed by atoms with Crippen LogP contribution in [0.1, 0.15) is 36.8 Å². The fourth-order valence-electron chi connectivity index (χ4n) is 3.33. The zero-order valence-electron chi connectivity index (χ0n) is 14.2. The number of likely N-dealkylation sites (tertiary alicyclic amines) is 1. The molecule has 2 aromatic rings. The predicted molar refractivity (Wildman–Crippen MR) is 96.0 cm³/mol. The number of carbonyl (C=O) groups excluding carboxylic acids is 1. The van der Waals surface area contributed by atoms with Gasteiger partial charge in [-0.05, 0) is 30.5 Å². The standard InChI is InChI=1S/C21H25NO2/c1-2-22-15-13-19(14-16-22)24-21(23)20(17-9-5-3-6-10-17)18-11-7-4-8-12-18/h3-12,19-20H,2,13-16H2,1H3. The minimum atomic E-state index is -0.350. The van der Waals surface area contributed by atoms with Crippen molar-refractivity contribution in [1.29, 1.82) is 0 Å². The van der Waals surface area contributed by atoms with Gasteiger partial charge in [-0.3, -0.25) is 4.79 Å². The second-order valence-electron chi connectivity index (χ2n) is 6.32. The van der Waals surface area contributed by atoms with Crippen molar-refractivity contribution in [3.05, 3.63) is 71.8 Å². The van der Waals surface area contributed by atoms with Crippen LogP contribution in [0.4, 0.5) is 0 Å². The lowest BCUT2D eigenvalue weighted by molar-refractivity contribution is -0.152. The first-order valence-corrected chi connectivity index (χ1v) is 8.80. The molecule has 3 rings (SSSR count). The Morgan fingerprint density at radius 2 is 1.50 bits per heavy atom. The smallest absolute Gasteiger partial charge is 0.318 e. The van der Waals surface area contributed by atoms with Gasteiger partial charge >= 0.3 is 5.97 Å². The van der Waals surface area contributed by atoms with E-state index in [1.165, 1.54) is 0 Å². The molecule has 3 nitrogen and oxygen atoms in total. The summed E-state index contributed by atoms with van der Waals surface area (Å²) in [6.07, 6.45) is 1.89. The second kappa shape index (κ2) is 8.11. The fraction of sp³-hybridized carbons (Fsp3) is 0.381. The van der Waals surface area contributed by atoms with Crippen LogP contribution in [0.3, 0.4) is 0 Å². The van der Waals surface area contributed by atoms with E-state index in [0.717, 1.165) is 43.6 Å². The molecule has 2 aromatic carbocycles. The summed E-state index contributed by atoms with van der Waals surface area (Å²) in [6.45, 7) is 5.26. The van der Waals surface area contributed by atoms with E-state index in [0.29, 0.717) is 0 Å². The fourth-order valence-corrected chi connectivity index (χ4v) is 3.33. The van der Waals surface area contributed by atoms with E-state index in [9.17, 15) is 4.79 Å². The number of ether oxygens (including phenoxy) is 1. The van der Waals surface area contributed by atoms with Gasteiger partial charge in [-0.25, -0.2) is 0 Å². The molecule has 1 fully saturated rings. The first kappa shape index (κ1) is 16.7. The summed E-state index contributed by atoms with van der Waals surface area (Å²) in [4.78, 5) is 15.3. The Labute approximate surface area is 144 Å². The number of benzene rings is 2. The second-order valence-corrected chi connectivity index (χ2v) is 6.32. The summed E-state index contributed by atoms with van der Waals surface area (Å²) in [5.41, 5.74) is 1.97. The number of nitrogens with zero attached hydrogens (tertiary/aromatic N) is 1. The lowest BCUT2D eigenvalue weighted by Crippen LogP contribution is -2.38. The highest BCUT2D eigenvalue weighted by atomic mass is 16.5. The van der Waals surface area contributed by atoms with Crippen molar-refractivity contribution in [2.24, 2.45) is 0 Å². The van der Waals surface area contributed by atoms with Gasteiger partial charge in [0.1, 0.15) is 12.0 Å². The molecule has 0 radical (unpaired) electrons. The highest BCUT2D eigenvalue weighted by Gasteiger charge is 2.28. The first-order valence-electron chi connectivity index (χ1n) is 8.80. The molecule has 126 valence electrons. The molecule has 24 heavy (non-hydrogen) atoms. The van der Waals surface area contributed by atoms with Crippen LogP contribution in [-0.2, 0) is 9.53 Å². The van der Waals surface area contributed by atoms with Crippen LogP contribution >= 0.6 is 0 Å². The van der Waals surface area contributed by atoms with E-state index in [4.69, 9.17) is 4.74 Å². The third-order valence-corrected chi connectivity index (χ3v) is 4.77. The van der Waals surface area contributed by atoms with Gasteiger partial charge in [0.2, 0.25) is 0 Å². The highest BCUT2D eigenvalue weighted by molar-refractivity contribution is 5.82. The minimum Gasteiger partial charge on any atom is -0.462 e. The lowest BCUT2D eigenvalue weighted by Gasteiger charge is -2.31. The highest BCUT2D eigenvalue weighted by Crippen LogP contribution is 2.27. The van der Waals surface area contributed by atoms with E-state index in [2.05, 4.69) is 11.8 Å². The van der Waals surface area contributed by atoms with Crippen molar-refractivity contribution in [1.82, 2.24) is 4.90 Å². The van der Waals surface area contributed by atoms with Crippen LogP contribution < -0.4 is 0 Å². The minimum absolute atomic E-state index is 0.0372. The normalized spacial score (nSPS) is 16.2. The quantitative estimate of drug-likeness (QED) is 0.783. The molecule has 0 spiro atoms. The summed E-state index contributed by atoms with van der Waals surface area (Å²) in [7, 11) is 0. The molecule has 0 atom stereocenters. The maximum Gasteiger partial charge on any atom is 0.318 e. The van der Waals surface area contributed by atoms with E-state index < -0.39 is 0 Å². The number of rotatable bonds is 5. The monoisotopic (exact) mass is 323 g/mol. The number of piperidine rings is 1. The molecule has 1 heterocycles. The van der Waals surface area contributed by atoms with Crippen molar-refractivity contribution in [3.8, 4) is 0 Å². The Balaban J connectivity index is 1.75. The molecular formula is C21H25NO2. The van der Waals surface area contributed by atoms with Crippen LogP contribution in [0.15, 0.2) is 60.7 Å². The third kappa shape index (κ3) is 4.04. The van der Waals surface area contributed by atoms with Crippen molar-refractivity contribution in [2.75, 3.05) is 19.6 Å². The summed E-state index contributed by atoms with van der Waals surface area (Å²) >= 11 is 0. The van der Waals surface area contributed by atoms with Gasteiger partial charge in [-0.2, -0.15) is 0 Å². The maximum atomic E-state index is 12.9. The number of carbonyl (C=O) groups is 1. The van der Waals surface area contributed by atoms with Gasteiger partial charge in [0, 0.05) is 13.1 Å². The molecule has 0 saturated carbocycles. The molecule has 3 heteroatoms. The summed E-state index contributed by atoms with van der Waals surface area (Å²) < 4.78 is 5.89. The van der Waals surface area contributed by atoms with Gasteiger partial charge in [-0.15, -0.1) is 0 Å². The molecule has 1 aliphatic rings. The van der Waals surface area contributed by atoms with Gasteiger partial charge in [0.25, 0.3) is 0 Å². The Kier molecular flexibility index (Phi) is 5.65. The average molecular weight is 323 g/mol. The van der Waals surface area contributed by atoms with E-state index in [1.54, 1.807) is 0 Å². The van der Waals surface area contributed by atoms with E-state index in [-0.39, 0.29) is 18.0 Å². The molecule has 0 aromatic heterocycles. The van der Waals surface area contributed by atoms with Crippen LogP contribution in [-0.4, -0.2) is 36.6 Å². The number of hydrogen-bond acceptors (Lipinski definition) is 3.